The highest BCUT2D eigenvalue weighted by molar-refractivity contribution is 5.45. The first-order valence-corrected chi connectivity index (χ1v) is 7.28. The molecule has 1 fully saturated rings. The van der Waals surface area contributed by atoms with Crippen LogP contribution in [0.4, 0.5) is 0 Å². The van der Waals surface area contributed by atoms with Gasteiger partial charge < -0.3 is 10.5 Å². The van der Waals surface area contributed by atoms with Crippen molar-refractivity contribution in [3.63, 3.8) is 0 Å². The highest BCUT2D eigenvalue weighted by Crippen LogP contribution is 2.37. The second-order valence-electron chi connectivity index (χ2n) is 5.97. The Morgan fingerprint density at radius 1 is 1.11 bits per heavy atom. The zero-order valence-corrected chi connectivity index (χ0v) is 11.2. The van der Waals surface area contributed by atoms with Gasteiger partial charge in [0.15, 0.2) is 0 Å². The summed E-state index contributed by atoms with van der Waals surface area (Å²) in [6.45, 7) is 2.34. The molecule has 0 heterocycles. The van der Waals surface area contributed by atoms with Crippen LogP contribution in [0.2, 0.25) is 0 Å². The van der Waals surface area contributed by atoms with Gasteiger partial charge in [0.1, 0.15) is 5.75 Å². The molecule has 2 heteroatoms. The van der Waals surface area contributed by atoms with E-state index >= 15 is 0 Å². The Morgan fingerprint density at radius 2 is 1.89 bits per heavy atom. The zero-order valence-electron chi connectivity index (χ0n) is 11.2. The Labute approximate surface area is 110 Å². The SMILES string of the molecule is CC1CCC(Oc2cccc3c2CCC3N)CC1. The summed E-state index contributed by atoms with van der Waals surface area (Å²) in [5.41, 5.74) is 8.78. The lowest BCUT2D eigenvalue weighted by atomic mass is 9.89. The molecule has 2 N–H and O–H groups in total. The van der Waals surface area contributed by atoms with Crippen LogP contribution in [0.25, 0.3) is 0 Å². The van der Waals surface area contributed by atoms with Crippen molar-refractivity contribution in [2.45, 2.75) is 57.6 Å². The molecule has 2 aliphatic carbocycles. The van der Waals surface area contributed by atoms with E-state index in [2.05, 4.69) is 25.1 Å². The standard InChI is InChI=1S/C16H23NO/c1-11-5-7-12(8-6-11)18-16-4-2-3-13-14(16)9-10-15(13)17/h2-4,11-12,15H,5-10,17H2,1H3. The van der Waals surface area contributed by atoms with E-state index in [1.165, 1.54) is 36.8 Å². The van der Waals surface area contributed by atoms with Crippen LogP contribution in [0, 0.1) is 5.92 Å². The molecule has 1 aromatic carbocycles. The average molecular weight is 245 g/mol. The van der Waals surface area contributed by atoms with Gasteiger partial charge in [-0.1, -0.05) is 19.1 Å². The topological polar surface area (TPSA) is 35.2 Å². The van der Waals surface area contributed by atoms with Gasteiger partial charge in [0.2, 0.25) is 0 Å². The van der Waals surface area contributed by atoms with E-state index in [4.69, 9.17) is 10.5 Å². The molecule has 0 radical (unpaired) electrons. The molecular formula is C16H23NO. The van der Waals surface area contributed by atoms with Crippen LogP contribution in [0.15, 0.2) is 18.2 Å². The van der Waals surface area contributed by atoms with Crippen molar-refractivity contribution in [3.05, 3.63) is 29.3 Å². The van der Waals surface area contributed by atoms with E-state index in [-0.39, 0.29) is 6.04 Å². The molecule has 1 saturated carbocycles. The number of nitrogens with two attached hydrogens (primary N) is 1. The number of hydrogen-bond donors (Lipinski definition) is 1. The molecule has 0 saturated heterocycles. The van der Waals surface area contributed by atoms with Gasteiger partial charge in [0.05, 0.1) is 6.10 Å². The normalized spacial score (nSPS) is 31.1. The number of rotatable bonds is 2. The third-order valence-corrected chi connectivity index (χ3v) is 4.53. The summed E-state index contributed by atoms with van der Waals surface area (Å²) in [4.78, 5) is 0. The average Bonchev–Trinajstić information content (AvgIpc) is 2.76. The maximum Gasteiger partial charge on any atom is 0.123 e. The van der Waals surface area contributed by atoms with Crippen LogP contribution in [0.5, 0.6) is 5.75 Å². The largest absolute Gasteiger partial charge is 0.490 e. The van der Waals surface area contributed by atoms with Crippen molar-refractivity contribution in [2.75, 3.05) is 0 Å². The van der Waals surface area contributed by atoms with Crippen molar-refractivity contribution in [1.29, 1.82) is 0 Å². The molecule has 1 atom stereocenters. The van der Waals surface area contributed by atoms with E-state index in [1.54, 1.807) is 0 Å². The first-order valence-electron chi connectivity index (χ1n) is 7.28. The summed E-state index contributed by atoms with van der Waals surface area (Å²) in [5.74, 6) is 1.97. The second kappa shape index (κ2) is 4.93. The van der Waals surface area contributed by atoms with Crippen molar-refractivity contribution in [1.82, 2.24) is 0 Å². The molecule has 3 rings (SSSR count). The van der Waals surface area contributed by atoms with Gasteiger partial charge in [-0.3, -0.25) is 0 Å². The minimum atomic E-state index is 0.218. The third kappa shape index (κ3) is 2.26. The van der Waals surface area contributed by atoms with Gasteiger partial charge in [0.25, 0.3) is 0 Å². The van der Waals surface area contributed by atoms with Crippen molar-refractivity contribution < 1.29 is 4.74 Å². The second-order valence-corrected chi connectivity index (χ2v) is 5.97. The minimum Gasteiger partial charge on any atom is -0.490 e. The van der Waals surface area contributed by atoms with Crippen LogP contribution >= 0.6 is 0 Å². The summed E-state index contributed by atoms with van der Waals surface area (Å²) in [7, 11) is 0. The quantitative estimate of drug-likeness (QED) is 0.864. The highest BCUT2D eigenvalue weighted by atomic mass is 16.5. The molecular weight excluding hydrogens is 222 g/mol. The van der Waals surface area contributed by atoms with Gasteiger partial charge in [-0.2, -0.15) is 0 Å². The molecule has 0 bridgehead atoms. The molecule has 0 aromatic heterocycles. The van der Waals surface area contributed by atoms with Crippen LogP contribution in [0.1, 0.15) is 56.2 Å². The van der Waals surface area contributed by atoms with Crippen LogP contribution in [-0.2, 0) is 6.42 Å². The molecule has 1 unspecified atom stereocenters. The first kappa shape index (κ1) is 12.0. The molecule has 2 nitrogen and oxygen atoms in total. The summed E-state index contributed by atoms with van der Waals surface area (Å²) in [6, 6.07) is 6.58. The summed E-state index contributed by atoms with van der Waals surface area (Å²) >= 11 is 0. The maximum atomic E-state index is 6.24. The minimum absolute atomic E-state index is 0.218. The molecule has 98 valence electrons. The summed E-state index contributed by atoms with van der Waals surface area (Å²) in [5, 5.41) is 0. The number of fused-ring (bicyclic) bond motifs is 1. The van der Waals surface area contributed by atoms with E-state index in [0.29, 0.717) is 6.10 Å². The van der Waals surface area contributed by atoms with Crippen molar-refractivity contribution >= 4 is 0 Å². The molecule has 1 aromatic rings. The van der Waals surface area contributed by atoms with E-state index in [9.17, 15) is 0 Å². The first-order chi connectivity index (χ1) is 8.74. The van der Waals surface area contributed by atoms with Gasteiger partial charge >= 0.3 is 0 Å². The Hall–Kier alpha value is -1.02. The van der Waals surface area contributed by atoms with Gasteiger partial charge in [0, 0.05) is 6.04 Å². The number of hydrogen-bond acceptors (Lipinski definition) is 2. The lowest BCUT2D eigenvalue weighted by Crippen LogP contribution is -2.23. The monoisotopic (exact) mass is 245 g/mol. The van der Waals surface area contributed by atoms with E-state index < -0.39 is 0 Å². The Balaban J connectivity index is 1.74. The van der Waals surface area contributed by atoms with Gasteiger partial charge in [-0.25, -0.2) is 0 Å². The van der Waals surface area contributed by atoms with Gasteiger partial charge in [-0.05, 0) is 61.6 Å². The molecule has 0 amide bonds. The smallest absolute Gasteiger partial charge is 0.123 e. The Kier molecular flexibility index (Phi) is 3.29. The Bertz CT molecular complexity index is 421. The fraction of sp³-hybridized carbons (Fsp3) is 0.625. The summed E-state index contributed by atoms with van der Waals surface area (Å²) < 4.78 is 6.24. The summed E-state index contributed by atoms with van der Waals surface area (Å²) in [6.07, 6.45) is 7.59. The predicted octanol–water partition coefficient (Wildman–Crippen LogP) is 3.59. The van der Waals surface area contributed by atoms with Crippen LogP contribution < -0.4 is 10.5 Å². The molecule has 0 aliphatic heterocycles. The van der Waals surface area contributed by atoms with Crippen LogP contribution in [0.3, 0.4) is 0 Å². The van der Waals surface area contributed by atoms with E-state index in [0.717, 1.165) is 24.5 Å². The fourth-order valence-corrected chi connectivity index (χ4v) is 3.29. The molecule has 0 spiro atoms. The van der Waals surface area contributed by atoms with Gasteiger partial charge in [-0.15, -0.1) is 0 Å². The number of ether oxygens (including phenoxy) is 1. The van der Waals surface area contributed by atoms with E-state index in [1.807, 2.05) is 0 Å². The Morgan fingerprint density at radius 3 is 2.67 bits per heavy atom. The lowest BCUT2D eigenvalue weighted by molar-refractivity contribution is 0.134. The van der Waals surface area contributed by atoms with Crippen LogP contribution in [-0.4, -0.2) is 6.10 Å². The zero-order chi connectivity index (χ0) is 12.5. The lowest BCUT2D eigenvalue weighted by Gasteiger charge is -2.27. The number of benzene rings is 1. The fourth-order valence-electron chi connectivity index (χ4n) is 3.29. The molecule has 18 heavy (non-hydrogen) atoms. The predicted molar refractivity (Wildman–Crippen MR) is 73.7 cm³/mol. The molecule has 2 aliphatic rings. The maximum absolute atomic E-state index is 6.24. The highest BCUT2D eigenvalue weighted by Gasteiger charge is 2.25. The van der Waals surface area contributed by atoms with Crippen molar-refractivity contribution in [3.8, 4) is 5.75 Å². The third-order valence-electron chi connectivity index (χ3n) is 4.53. The van der Waals surface area contributed by atoms with Crippen molar-refractivity contribution in [2.24, 2.45) is 11.7 Å².